The molecule has 3 aliphatic heterocycles. The van der Waals surface area contributed by atoms with Crippen LogP contribution in [0.3, 0.4) is 0 Å². The van der Waals surface area contributed by atoms with Crippen molar-refractivity contribution in [3.8, 4) is 0 Å². The summed E-state index contributed by atoms with van der Waals surface area (Å²) in [5.41, 5.74) is 3.96. The Morgan fingerprint density at radius 1 is 1.19 bits per heavy atom. The number of amides is 1. The summed E-state index contributed by atoms with van der Waals surface area (Å²) in [5.74, 6) is 0.312. The molecule has 2 aromatic rings. The van der Waals surface area contributed by atoms with E-state index >= 15 is 0 Å². The second-order valence-corrected chi connectivity index (χ2v) is 8.60. The summed E-state index contributed by atoms with van der Waals surface area (Å²) in [5, 5.41) is 1.35. The van der Waals surface area contributed by atoms with Gasteiger partial charge in [-0.1, -0.05) is 24.6 Å². The van der Waals surface area contributed by atoms with Gasteiger partial charge >= 0.3 is 0 Å². The van der Waals surface area contributed by atoms with E-state index in [0.717, 1.165) is 39.1 Å². The SMILES string of the molecule is CC1CCCC2CN(C(=O)CN3CCc4c([nH]c5ccccc45)C3)CCN12. The molecule has 2 fully saturated rings. The number of carbonyl (C=O) groups is 1. The maximum atomic E-state index is 13.0. The quantitative estimate of drug-likeness (QED) is 0.888. The summed E-state index contributed by atoms with van der Waals surface area (Å²) in [6, 6.07) is 9.80. The molecule has 0 aliphatic carbocycles. The maximum absolute atomic E-state index is 13.0. The zero-order chi connectivity index (χ0) is 18.4. The van der Waals surface area contributed by atoms with E-state index < -0.39 is 0 Å². The van der Waals surface area contributed by atoms with Crippen molar-refractivity contribution in [3.05, 3.63) is 35.5 Å². The number of carbonyl (C=O) groups excluding carboxylic acids is 1. The van der Waals surface area contributed by atoms with Crippen LogP contribution in [0, 0.1) is 0 Å². The number of nitrogens with one attached hydrogen (secondary N) is 1. The van der Waals surface area contributed by atoms with Crippen LogP contribution in [0.4, 0.5) is 0 Å². The second-order valence-electron chi connectivity index (χ2n) is 8.60. The summed E-state index contributed by atoms with van der Waals surface area (Å²) in [6.45, 7) is 7.59. The van der Waals surface area contributed by atoms with E-state index in [-0.39, 0.29) is 0 Å². The van der Waals surface area contributed by atoms with E-state index in [0.29, 0.717) is 24.5 Å². The molecule has 144 valence electrons. The van der Waals surface area contributed by atoms with E-state index in [2.05, 4.69) is 50.9 Å². The lowest BCUT2D eigenvalue weighted by atomic mass is 9.94. The van der Waals surface area contributed by atoms with Crippen molar-refractivity contribution < 1.29 is 4.79 Å². The Kier molecular flexibility index (Phi) is 4.44. The van der Waals surface area contributed by atoms with Gasteiger partial charge in [0.2, 0.25) is 5.91 Å². The van der Waals surface area contributed by atoms with Crippen LogP contribution in [0.2, 0.25) is 0 Å². The molecule has 27 heavy (non-hydrogen) atoms. The molecular formula is C22H30N4O. The van der Waals surface area contributed by atoms with Crippen molar-refractivity contribution in [2.45, 2.75) is 51.2 Å². The van der Waals surface area contributed by atoms with Crippen LogP contribution in [-0.2, 0) is 17.8 Å². The van der Waals surface area contributed by atoms with Gasteiger partial charge < -0.3 is 9.88 Å². The molecule has 5 rings (SSSR count). The lowest BCUT2D eigenvalue weighted by Gasteiger charge is -2.47. The van der Waals surface area contributed by atoms with Crippen molar-refractivity contribution >= 4 is 16.8 Å². The second kappa shape index (κ2) is 6.95. The number of aromatic amines is 1. The summed E-state index contributed by atoms with van der Waals surface area (Å²) in [6.07, 6.45) is 4.89. The van der Waals surface area contributed by atoms with Crippen LogP contribution in [0.1, 0.15) is 37.4 Å². The average Bonchev–Trinajstić information content (AvgIpc) is 3.05. The van der Waals surface area contributed by atoms with Crippen LogP contribution < -0.4 is 0 Å². The first-order valence-corrected chi connectivity index (χ1v) is 10.5. The molecule has 0 saturated carbocycles. The Bertz CT molecular complexity index is 844. The van der Waals surface area contributed by atoms with Crippen LogP contribution in [0.15, 0.2) is 24.3 Å². The molecule has 5 nitrogen and oxygen atoms in total. The Labute approximate surface area is 161 Å². The van der Waals surface area contributed by atoms with E-state index in [4.69, 9.17) is 0 Å². The van der Waals surface area contributed by atoms with Crippen LogP contribution in [0.5, 0.6) is 0 Å². The Hall–Kier alpha value is -1.85. The normalized spacial score (nSPS) is 26.8. The fourth-order valence-corrected chi connectivity index (χ4v) is 5.42. The lowest BCUT2D eigenvalue weighted by Crippen LogP contribution is -2.59. The van der Waals surface area contributed by atoms with Gasteiger partial charge in [-0.05, 0) is 37.8 Å². The van der Waals surface area contributed by atoms with E-state index in [1.807, 2.05) is 0 Å². The van der Waals surface area contributed by atoms with Gasteiger partial charge in [0, 0.05) is 61.4 Å². The summed E-state index contributed by atoms with van der Waals surface area (Å²) in [4.78, 5) is 23.6. The highest BCUT2D eigenvalue weighted by Gasteiger charge is 2.35. The molecule has 0 spiro atoms. The molecule has 1 aromatic carbocycles. The van der Waals surface area contributed by atoms with Gasteiger partial charge in [-0.25, -0.2) is 0 Å². The number of piperidine rings is 1. The third-order valence-electron chi connectivity index (χ3n) is 6.93. The van der Waals surface area contributed by atoms with Gasteiger partial charge in [0.1, 0.15) is 0 Å². The van der Waals surface area contributed by atoms with Gasteiger partial charge in [-0.3, -0.25) is 14.6 Å². The number of aromatic nitrogens is 1. The highest BCUT2D eigenvalue weighted by Crippen LogP contribution is 2.28. The molecule has 5 heteroatoms. The first-order chi connectivity index (χ1) is 13.2. The first kappa shape index (κ1) is 17.3. The molecule has 2 atom stereocenters. The third kappa shape index (κ3) is 3.17. The predicted molar refractivity (Wildman–Crippen MR) is 108 cm³/mol. The van der Waals surface area contributed by atoms with Crippen molar-refractivity contribution in [2.24, 2.45) is 0 Å². The lowest BCUT2D eigenvalue weighted by molar-refractivity contribution is -0.137. The monoisotopic (exact) mass is 366 g/mol. The fourth-order valence-electron chi connectivity index (χ4n) is 5.42. The minimum atomic E-state index is 0.312. The zero-order valence-electron chi connectivity index (χ0n) is 16.3. The average molecular weight is 367 g/mol. The molecule has 0 radical (unpaired) electrons. The van der Waals surface area contributed by atoms with Crippen molar-refractivity contribution in [3.63, 3.8) is 0 Å². The first-order valence-electron chi connectivity index (χ1n) is 10.5. The number of hydrogen-bond acceptors (Lipinski definition) is 3. The van der Waals surface area contributed by atoms with Crippen molar-refractivity contribution in [1.82, 2.24) is 19.7 Å². The minimum Gasteiger partial charge on any atom is -0.357 e. The number of H-pyrrole nitrogens is 1. The number of piperazine rings is 1. The molecule has 1 amide bonds. The van der Waals surface area contributed by atoms with Crippen molar-refractivity contribution in [1.29, 1.82) is 0 Å². The summed E-state index contributed by atoms with van der Waals surface area (Å²) < 4.78 is 0. The van der Waals surface area contributed by atoms with Crippen molar-refractivity contribution in [2.75, 3.05) is 32.7 Å². The van der Waals surface area contributed by atoms with E-state index in [1.54, 1.807) is 0 Å². The Morgan fingerprint density at radius 2 is 2.07 bits per heavy atom. The van der Waals surface area contributed by atoms with E-state index in [1.165, 1.54) is 41.4 Å². The Balaban J connectivity index is 1.23. The number of benzene rings is 1. The van der Waals surface area contributed by atoms with Gasteiger partial charge in [-0.2, -0.15) is 0 Å². The fraction of sp³-hybridized carbons (Fsp3) is 0.591. The smallest absolute Gasteiger partial charge is 0.236 e. The molecular weight excluding hydrogens is 336 g/mol. The molecule has 0 bridgehead atoms. The predicted octanol–water partition coefficient (Wildman–Crippen LogP) is 2.61. The zero-order valence-corrected chi connectivity index (χ0v) is 16.3. The minimum absolute atomic E-state index is 0.312. The van der Waals surface area contributed by atoms with Crippen LogP contribution in [-0.4, -0.2) is 70.4 Å². The largest absolute Gasteiger partial charge is 0.357 e. The van der Waals surface area contributed by atoms with E-state index in [9.17, 15) is 4.79 Å². The number of hydrogen-bond donors (Lipinski definition) is 1. The number of para-hydroxylation sites is 1. The van der Waals surface area contributed by atoms with Gasteiger partial charge in [0.15, 0.2) is 0 Å². The third-order valence-corrected chi connectivity index (χ3v) is 6.93. The van der Waals surface area contributed by atoms with Crippen LogP contribution >= 0.6 is 0 Å². The summed E-state index contributed by atoms with van der Waals surface area (Å²) >= 11 is 0. The molecule has 1 N–H and O–H groups in total. The number of fused-ring (bicyclic) bond motifs is 4. The molecule has 2 unspecified atom stereocenters. The molecule has 3 aliphatic rings. The molecule has 1 aromatic heterocycles. The standard InChI is InChI=1S/C22H30N4O/c1-16-5-4-6-17-13-25(11-12-26(16)17)22(27)15-24-10-9-19-18-7-2-3-8-20(18)23-21(19)14-24/h2-3,7-8,16-17,23H,4-6,9-15H2,1H3. The van der Waals surface area contributed by atoms with Gasteiger partial charge in [-0.15, -0.1) is 0 Å². The summed E-state index contributed by atoms with van der Waals surface area (Å²) in [7, 11) is 0. The topological polar surface area (TPSA) is 42.6 Å². The highest BCUT2D eigenvalue weighted by molar-refractivity contribution is 5.85. The molecule has 2 saturated heterocycles. The Morgan fingerprint density at radius 3 is 3.00 bits per heavy atom. The highest BCUT2D eigenvalue weighted by atomic mass is 16.2. The van der Waals surface area contributed by atoms with Crippen LogP contribution in [0.25, 0.3) is 10.9 Å². The van der Waals surface area contributed by atoms with Gasteiger partial charge in [0.25, 0.3) is 0 Å². The van der Waals surface area contributed by atoms with Gasteiger partial charge in [0.05, 0.1) is 6.54 Å². The number of nitrogens with zero attached hydrogens (tertiary/aromatic N) is 3. The maximum Gasteiger partial charge on any atom is 0.236 e. The number of rotatable bonds is 2. The molecule has 4 heterocycles.